The van der Waals surface area contributed by atoms with Crippen LogP contribution in [0.25, 0.3) is 11.3 Å². The fourth-order valence-electron chi connectivity index (χ4n) is 16.8. The molecule has 14 bridgehead atoms. The van der Waals surface area contributed by atoms with E-state index in [1.54, 1.807) is 18.3 Å². The number of alkyl halides is 4. The normalized spacial score (nSPS) is 28.3. The summed E-state index contributed by atoms with van der Waals surface area (Å²) in [6.45, 7) is 12.2. The number of nitrogens with zero attached hydrogens (tertiary/aromatic N) is 11. The Balaban J connectivity index is 0.000000147. The molecule has 24 rings (SSSR count). The van der Waals surface area contributed by atoms with Gasteiger partial charge in [-0.2, -0.15) is 17.6 Å². The second-order valence-electron chi connectivity index (χ2n) is 31.3. The van der Waals surface area contributed by atoms with E-state index in [0.717, 1.165) is 135 Å². The number of carbonyl (C=O) groups is 1. The average molecular weight is 2060 g/mol. The number of morpholine rings is 4. The molecule has 6 aromatic heterocycles. The zero-order valence-electron chi connectivity index (χ0n) is 64.9. The summed E-state index contributed by atoms with van der Waals surface area (Å²) in [5.41, 5.74) is 15.3. The molecule has 40 heteroatoms. The minimum absolute atomic E-state index is 0. The number of halogens is 11. The smallest absolute Gasteiger partial charge is 1.00 e. The first-order valence-corrected chi connectivity index (χ1v) is 40.4. The van der Waals surface area contributed by atoms with E-state index in [-0.39, 0.29) is 187 Å². The number of pyridine rings is 6. The summed E-state index contributed by atoms with van der Waals surface area (Å²) < 4.78 is 93.8. The van der Waals surface area contributed by atoms with Gasteiger partial charge in [0.25, 0.3) is 6.47 Å². The van der Waals surface area contributed by atoms with E-state index >= 15 is 0 Å². The molecule has 26 nitrogen and oxygen atoms in total. The third kappa shape index (κ3) is 23.3. The average Bonchev–Trinajstić information content (AvgIpc) is 1.63. The number of nitrogens with one attached hydrogen (secondary N) is 2. The second-order valence-corrected chi connectivity index (χ2v) is 34.5. The van der Waals surface area contributed by atoms with Gasteiger partial charge in [-0.15, -0.1) is 12.4 Å². The number of aromatic nitrogens is 6. The standard InChI is InChI=1S/C21H23F2N5O2.C15H18ClN3O.C12H17BF2N2O3.C10H10Cl2N2O.C5H2Cl2IN.C5H9NO.C5H9N.CH2O3.ClH.2Cs.H/c22-21(23)30-18-3-12(7-25-20(18)24)17-5-14(27-9-16-4-15(27)10-29-16)6-19(26-17)28-8-11-1-13(28)2-11;16-14-4-11(18-7-13-3-12(18)8-20-13)5-15(17-14)19-6-9-1-10(19)2-9;1-11(2)12(3,4)20-13(19-11)7-5-8(18-10(14)15)9(16)17-6-7;11-9-2-6(3-10(12)13-9)14-4-8-1-7(14)5-15-8;6-4-1-3(8)2-5(7)9-4;1-4-3-7-5(1)2-6-4;1-4-2-5(1)6-3-4;2-1-4-3;;;;/h3,5-7,11,13,15-16,21H,1-2,4,8-10H2,(H2,24,25);4-5,9-10,12-13H,1-3,6-8H2;5-6,10H,1-4H3,(H2,16,17);2-3,7-8H,1,4-5H2;1-2H;4-6H,1-3H2;4-6H,1-3H2;1,3H;1H;;;/q;;;;;;;;;2*+1;-1/p-1/t11?,13?,15-,16-;9?,10?,12-,13-;;7-,8-;;4-,5-;;;;;;/m00.0.0....../s1. The number of rotatable bonds is 12. The Labute approximate surface area is 824 Å². The van der Waals surface area contributed by atoms with E-state index in [1.807, 2.05) is 52.0 Å². The number of hydrogen-bond donors (Lipinski definition) is 4. The fraction of sp³-hybridized carbons (Fsp3) is 0.581. The van der Waals surface area contributed by atoms with Crippen molar-refractivity contribution in [3.05, 3.63) is 102 Å². The van der Waals surface area contributed by atoms with Crippen LogP contribution in [0.4, 0.5) is 57.9 Å². The van der Waals surface area contributed by atoms with Crippen LogP contribution < -0.4 is 205 Å². The van der Waals surface area contributed by atoms with Crippen molar-refractivity contribution in [2.45, 2.75) is 183 Å². The zero-order valence-corrected chi connectivity index (χ0v) is 83.2. The van der Waals surface area contributed by atoms with Gasteiger partial charge in [-0.3, -0.25) is 4.79 Å². The summed E-state index contributed by atoms with van der Waals surface area (Å²) in [4.78, 5) is 48.2. The van der Waals surface area contributed by atoms with Crippen molar-refractivity contribution < 1.29 is 209 Å². The van der Waals surface area contributed by atoms with Crippen molar-refractivity contribution in [1.82, 2.24) is 40.5 Å². The summed E-state index contributed by atoms with van der Waals surface area (Å²) >= 11 is 31.3. The van der Waals surface area contributed by atoms with Gasteiger partial charge < -0.3 is 95.9 Å². The van der Waals surface area contributed by atoms with Crippen LogP contribution in [0.2, 0.25) is 25.8 Å². The van der Waals surface area contributed by atoms with Gasteiger partial charge in [0.05, 0.1) is 85.9 Å². The van der Waals surface area contributed by atoms with Crippen LogP contribution in [0, 0.1) is 21.3 Å². The maximum atomic E-state index is 12.8. The van der Waals surface area contributed by atoms with Gasteiger partial charge in [-0.25, -0.2) is 29.9 Å². The monoisotopic (exact) mass is 2060 g/mol. The van der Waals surface area contributed by atoms with Gasteiger partial charge in [0.15, 0.2) is 23.1 Å². The molecule has 3 aliphatic carbocycles. The van der Waals surface area contributed by atoms with Crippen LogP contribution in [-0.4, -0.2) is 207 Å². The van der Waals surface area contributed by atoms with E-state index < -0.39 is 31.5 Å². The van der Waals surface area contributed by atoms with Crippen LogP contribution in [0.1, 0.15) is 93.3 Å². The predicted molar refractivity (Wildman–Crippen MR) is 430 cm³/mol. The van der Waals surface area contributed by atoms with E-state index in [1.165, 1.54) is 75.5 Å². The number of hydrogen-bond acceptors (Lipinski definition) is 26. The molecule has 114 heavy (non-hydrogen) atoms. The Kier molecular flexibility index (Phi) is 33.9. The molecule has 3 saturated carbocycles. The number of nitrogen functional groups attached to an aromatic ring is 2. The maximum absolute atomic E-state index is 12.8. The summed E-state index contributed by atoms with van der Waals surface area (Å²) in [6, 6.07) is 22.7. The largest absolute Gasteiger partial charge is 1.00 e. The Morgan fingerprint density at radius 1 is 0.535 bits per heavy atom. The second kappa shape index (κ2) is 41.4. The van der Waals surface area contributed by atoms with Crippen molar-refractivity contribution >= 4 is 152 Å². The summed E-state index contributed by atoms with van der Waals surface area (Å²) in [7, 11) is -0.701. The molecule has 18 fully saturated rings. The first-order valence-electron chi connectivity index (χ1n) is 37.4. The van der Waals surface area contributed by atoms with Crippen LogP contribution in [0.15, 0.2) is 73.1 Å². The SMILES string of the molecule is C1NC2CC1C2.C1O[C@@H]2CN[C@H]1C2.CC1(C)OB(c2cnc(N)c(OC(F)F)c2)OC1(C)C.Cl.Clc1cc(I)cc(Cl)n1.Clc1cc(N2C[C@@H]3C[C@H]2CO3)cc(Cl)n1.Clc1cc(N2C[C@@H]3C[C@H]2CO3)cc(N2CC3CC2C3)n1.Nc1ncc(-c2cc(N3C[C@@H]4C[C@H]3CO4)cc(N3CC4CC3C4)n2)cc1OC(F)F.O=CO[O-].[Cs+].[Cs+].[H-]. The quantitative estimate of drug-likeness (QED) is 0.0232. The molecule has 8 atom stereocenters. The van der Waals surface area contributed by atoms with Crippen LogP contribution in [0.3, 0.4) is 0 Å². The van der Waals surface area contributed by atoms with Crippen molar-refractivity contribution in [1.29, 1.82) is 0 Å². The molecule has 0 spiro atoms. The molecule has 610 valence electrons. The van der Waals surface area contributed by atoms with E-state index in [9.17, 15) is 17.6 Å². The molecule has 0 radical (unpaired) electrons. The third-order valence-corrected chi connectivity index (χ3v) is 24.8. The number of fused-ring (bicyclic) bond motifs is 11. The molecule has 21 heterocycles. The summed E-state index contributed by atoms with van der Waals surface area (Å²) in [5.74, 6) is 4.24. The molecule has 0 aromatic carbocycles. The predicted octanol–water partition coefficient (Wildman–Crippen LogP) is 5.23. The Bertz CT molecular complexity index is 4150. The molecular formula is C74H91BCl6Cs2F4IN15O11. The molecule has 15 aliphatic heterocycles. The number of carbonyl (C=O) groups excluding carboxylic acids is 1. The molecular weight excluding hydrogens is 1970 g/mol. The minimum Gasteiger partial charge on any atom is -1.00 e. The summed E-state index contributed by atoms with van der Waals surface area (Å²) in [5, 5.41) is 17.5. The van der Waals surface area contributed by atoms with Gasteiger partial charge in [0.1, 0.15) is 37.4 Å². The molecule has 0 amide bonds. The van der Waals surface area contributed by atoms with E-state index in [0.29, 0.717) is 97.0 Å². The molecule has 15 saturated heterocycles. The van der Waals surface area contributed by atoms with Crippen molar-refractivity contribution in [3.63, 3.8) is 0 Å². The maximum Gasteiger partial charge on any atom is 1.00 e. The number of anilines is 7. The van der Waals surface area contributed by atoms with Crippen molar-refractivity contribution in [2.75, 3.05) is 108 Å². The Morgan fingerprint density at radius 3 is 1.32 bits per heavy atom. The van der Waals surface area contributed by atoms with Crippen LogP contribution in [0.5, 0.6) is 11.5 Å². The van der Waals surface area contributed by atoms with Crippen molar-refractivity contribution in [2.24, 2.45) is 17.8 Å². The van der Waals surface area contributed by atoms with Gasteiger partial charge in [0.2, 0.25) is 0 Å². The molecule has 18 aliphatic rings. The fourth-order valence-corrected chi connectivity index (χ4v) is 18.9. The van der Waals surface area contributed by atoms with Gasteiger partial charge >= 0.3 is 158 Å². The van der Waals surface area contributed by atoms with E-state index in [4.69, 9.17) is 113 Å². The van der Waals surface area contributed by atoms with Crippen molar-refractivity contribution in [3.8, 4) is 22.8 Å². The topological polar surface area (TPSA) is 293 Å². The van der Waals surface area contributed by atoms with Gasteiger partial charge in [-0.05, 0) is 187 Å². The first kappa shape index (κ1) is 93.3. The molecule has 0 unspecified atom stereocenters. The summed E-state index contributed by atoms with van der Waals surface area (Å²) in [6.07, 6.45) is 17.2. The number of nitrogens with two attached hydrogens (primary N) is 2. The van der Waals surface area contributed by atoms with Gasteiger partial charge in [0, 0.05) is 120 Å². The Hall–Kier alpha value is -1.43. The van der Waals surface area contributed by atoms with Gasteiger partial charge in [-0.1, -0.05) is 58.0 Å². The van der Waals surface area contributed by atoms with Crippen LogP contribution >= 0.6 is 93.0 Å². The minimum atomic E-state index is -2.97. The third-order valence-electron chi connectivity index (χ3n) is 23.3. The Morgan fingerprint density at radius 2 is 0.965 bits per heavy atom. The van der Waals surface area contributed by atoms with Crippen LogP contribution in [-0.2, 0) is 37.9 Å². The first-order chi connectivity index (χ1) is 53.1. The zero-order chi connectivity index (χ0) is 78.2. The number of ether oxygens (including phenoxy) is 6. The molecule has 6 aromatic rings. The molecule has 6 N–H and O–H groups in total. The van der Waals surface area contributed by atoms with E-state index in [2.05, 4.69) is 109 Å².